The van der Waals surface area contributed by atoms with E-state index in [1.165, 1.54) is 11.4 Å². The summed E-state index contributed by atoms with van der Waals surface area (Å²) in [6.07, 6.45) is -4.14. The number of aryl methyl sites for hydroxylation is 3. The molecule has 152 valence electrons. The monoisotopic (exact) mass is 443 g/mol. The second kappa shape index (κ2) is 6.77. The molecule has 11 heteroatoms. The number of oxazole rings is 1. The summed E-state index contributed by atoms with van der Waals surface area (Å²) in [6, 6.07) is 5.04. The SMILES string of the molecule is CCc1oc2c(-n3nc(C(F)(F)F)nc3C)c(C)nn2c1-c1ccc(Cl)cc1Cl. The minimum atomic E-state index is -4.66. The highest BCUT2D eigenvalue weighted by Gasteiger charge is 2.37. The Morgan fingerprint density at radius 1 is 1.14 bits per heavy atom. The third-order valence-electron chi connectivity index (χ3n) is 4.43. The lowest BCUT2D eigenvalue weighted by molar-refractivity contribution is -0.144. The number of benzene rings is 1. The van der Waals surface area contributed by atoms with Crippen molar-refractivity contribution < 1.29 is 17.6 Å². The van der Waals surface area contributed by atoms with Crippen LogP contribution in [0.4, 0.5) is 13.2 Å². The number of aromatic nitrogens is 5. The summed E-state index contributed by atoms with van der Waals surface area (Å²) in [5, 5.41) is 8.98. The third kappa shape index (κ3) is 3.18. The number of hydrogen-bond donors (Lipinski definition) is 0. The summed E-state index contributed by atoms with van der Waals surface area (Å²) >= 11 is 12.4. The normalized spacial score (nSPS) is 12.3. The Hall–Kier alpha value is -2.52. The first-order chi connectivity index (χ1) is 13.6. The molecule has 0 atom stereocenters. The van der Waals surface area contributed by atoms with Gasteiger partial charge in [-0.3, -0.25) is 0 Å². The molecule has 29 heavy (non-hydrogen) atoms. The molecule has 3 heterocycles. The number of halogens is 5. The number of rotatable bonds is 3. The van der Waals surface area contributed by atoms with Crippen LogP contribution in [-0.4, -0.2) is 24.4 Å². The molecule has 0 saturated heterocycles. The van der Waals surface area contributed by atoms with Gasteiger partial charge in [0.15, 0.2) is 5.69 Å². The van der Waals surface area contributed by atoms with Crippen molar-refractivity contribution >= 4 is 28.9 Å². The average Bonchev–Trinajstić information content (AvgIpc) is 3.26. The van der Waals surface area contributed by atoms with Crippen molar-refractivity contribution in [2.45, 2.75) is 33.4 Å². The van der Waals surface area contributed by atoms with E-state index >= 15 is 0 Å². The summed E-state index contributed by atoms with van der Waals surface area (Å²) in [5.74, 6) is -0.584. The second-order valence-electron chi connectivity index (χ2n) is 6.39. The van der Waals surface area contributed by atoms with Crippen LogP contribution in [0.15, 0.2) is 22.6 Å². The van der Waals surface area contributed by atoms with Gasteiger partial charge in [-0.2, -0.15) is 22.8 Å². The van der Waals surface area contributed by atoms with Crippen LogP contribution in [0.3, 0.4) is 0 Å². The Morgan fingerprint density at radius 3 is 2.45 bits per heavy atom. The van der Waals surface area contributed by atoms with Crippen LogP contribution in [0.5, 0.6) is 0 Å². The molecule has 0 saturated carbocycles. The molecular formula is C18H14Cl2F3N5O. The van der Waals surface area contributed by atoms with Crippen LogP contribution >= 0.6 is 23.2 Å². The number of fused-ring (bicyclic) bond motifs is 1. The summed E-state index contributed by atoms with van der Waals surface area (Å²) in [6.45, 7) is 4.98. The Balaban J connectivity index is 1.99. The first kappa shape index (κ1) is 19.8. The molecule has 0 aliphatic rings. The maximum absolute atomic E-state index is 13.1. The molecule has 4 aromatic rings. The van der Waals surface area contributed by atoms with E-state index in [0.29, 0.717) is 39.2 Å². The van der Waals surface area contributed by atoms with Crippen LogP contribution in [-0.2, 0) is 12.6 Å². The molecule has 4 rings (SSSR count). The van der Waals surface area contributed by atoms with E-state index in [1.54, 1.807) is 25.1 Å². The van der Waals surface area contributed by atoms with Gasteiger partial charge in [0.2, 0.25) is 5.71 Å². The fourth-order valence-corrected chi connectivity index (χ4v) is 3.67. The van der Waals surface area contributed by atoms with Gasteiger partial charge in [-0.15, -0.1) is 5.10 Å². The van der Waals surface area contributed by atoms with Gasteiger partial charge in [-0.25, -0.2) is 9.67 Å². The van der Waals surface area contributed by atoms with Crippen LogP contribution < -0.4 is 0 Å². The van der Waals surface area contributed by atoms with Gasteiger partial charge >= 0.3 is 6.18 Å². The Bertz CT molecular complexity index is 1240. The average molecular weight is 444 g/mol. The van der Waals surface area contributed by atoms with Gasteiger partial charge in [0.1, 0.15) is 17.3 Å². The molecule has 0 N–H and O–H groups in total. The predicted molar refractivity (Wildman–Crippen MR) is 102 cm³/mol. The Morgan fingerprint density at radius 2 is 1.86 bits per heavy atom. The van der Waals surface area contributed by atoms with Crippen molar-refractivity contribution in [2.75, 3.05) is 0 Å². The Kier molecular flexibility index (Phi) is 4.62. The fraction of sp³-hybridized carbons (Fsp3) is 0.278. The molecule has 0 unspecified atom stereocenters. The van der Waals surface area contributed by atoms with E-state index in [-0.39, 0.29) is 17.2 Å². The zero-order valence-corrected chi connectivity index (χ0v) is 17.0. The van der Waals surface area contributed by atoms with Gasteiger partial charge in [-0.1, -0.05) is 30.1 Å². The zero-order valence-electron chi connectivity index (χ0n) is 15.5. The molecule has 0 bridgehead atoms. The van der Waals surface area contributed by atoms with E-state index in [1.807, 2.05) is 6.92 Å². The van der Waals surface area contributed by atoms with Crippen molar-refractivity contribution in [1.29, 1.82) is 0 Å². The lowest BCUT2D eigenvalue weighted by atomic mass is 10.1. The van der Waals surface area contributed by atoms with Crippen LogP contribution in [0.2, 0.25) is 10.0 Å². The molecule has 0 radical (unpaired) electrons. The van der Waals surface area contributed by atoms with Gasteiger partial charge in [-0.05, 0) is 32.0 Å². The number of nitrogens with zero attached hydrogens (tertiary/aromatic N) is 5. The lowest BCUT2D eigenvalue weighted by Crippen LogP contribution is -2.08. The van der Waals surface area contributed by atoms with Crippen molar-refractivity contribution in [1.82, 2.24) is 24.4 Å². The van der Waals surface area contributed by atoms with Crippen LogP contribution in [0, 0.1) is 13.8 Å². The van der Waals surface area contributed by atoms with Crippen LogP contribution in [0.1, 0.15) is 30.0 Å². The largest absolute Gasteiger partial charge is 0.453 e. The summed E-state index contributed by atoms with van der Waals surface area (Å²) in [4.78, 5) is 3.53. The van der Waals surface area contributed by atoms with Crippen molar-refractivity contribution in [3.8, 4) is 16.9 Å². The van der Waals surface area contributed by atoms with E-state index < -0.39 is 12.0 Å². The summed E-state index contributed by atoms with van der Waals surface area (Å²) in [7, 11) is 0. The smallest absolute Gasteiger partial charge is 0.439 e. The third-order valence-corrected chi connectivity index (χ3v) is 4.97. The molecular weight excluding hydrogens is 430 g/mol. The molecule has 0 spiro atoms. The van der Waals surface area contributed by atoms with E-state index in [2.05, 4.69) is 15.2 Å². The number of alkyl halides is 3. The quantitative estimate of drug-likeness (QED) is 0.408. The van der Waals surface area contributed by atoms with Crippen LogP contribution in [0.25, 0.3) is 22.7 Å². The Labute approximate surface area is 172 Å². The first-order valence-corrected chi connectivity index (χ1v) is 9.35. The minimum absolute atomic E-state index is 0.0656. The molecule has 6 nitrogen and oxygen atoms in total. The van der Waals surface area contributed by atoms with E-state index in [0.717, 1.165) is 4.68 Å². The highest BCUT2D eigenvalue weighted by atomic mass is 35.5. The standard InChI is InChI=1S/C18H14Cl2F3N5O/c1-4-13-15(11-6-5-10(19)7-12(11)20)28-16(29-13)14(8(2)25-28)27-9(3)24-17(26-27)18(21,22)23/h5-7H,4H2,1-3H3. The van der Waals surface area contributed by atoms with Gasteiger partial charge in [0, 0.05) is 17.0 Å². The molecule has 0 aliphatic carbocycles. The molecule has 3 aromatic heterocycles. The van der Waals surface area contributed by atoms with Crippen molar-refractivity contribution in [3.05, 3.63) is 51.3 Å². The number of hydrogen-bond acceptors (Lipinski definition) is 4. The van der Waals surface area contributed by atoms with Crippen molar-refractivity contribution in [2.24, 2.45) is 0 Å². The minimum Gasteiger partial charge on any atom is -0.439 e. The van der Waals surface area contributed by atoms with Gasteiger partial charge in [0.25, 0.3) is 5.82 Å². The van der Waals surface area contributed by atoms with Crippen molar-refractivity contribution in [3.63, 3.8) is 0 Å². The fourth-order valence-electron chi connectivity index (χ4n) is 3.18. The highest BCUT2D eigenvalue weighted by Crippen LogP contribution is 2.37. The van der Waals surface area contributed by atoms with Gasteiger partial charge < -0.3 is 4.42 Å². The second-order valence-corrected chi connectivity index (χ2v) is 7.24. The molecule has 0 aliphatic heterocycles. The topological polar surface area (TPSA) is 61.2 Å². The lowest BCUT2D eigenvalue weighted by Gasteiger charge is -2.04. The maximum atomic E-state index is 13.1. The molecule has 1 aromatic carbocycles. The predicted octanol–water partition coefficient (Wildman–Crippen LogP) is 5.68. The van der Waals surface area contributed by atoms with Gasteiger partial charge in [0.05, 0.1) is 10.7 Å². The first-order valence-electron chi connectivity index (χ1n) is 8.59. The summed E-state index contributed by atoms with van der Waals surface area (Å²) < 4.78 is 47.7. The highest BCUT2D eigenvalue weighted by molar-refractivity contribution is 6.36. The van der Waals surface area contributed by atoms with E-state index in [4.69, 9.17) is 27.6 Å². The molecule has 0 amide bonds. The molecule has 0 fully saturated rings. The van der Waals surface area contributed by atoms with E-state index in [9.17, 15) is 13.2 Å². The maximum Gasteiger partial charge on any atom is 0.453 e. The summed E-state index contributed by atoms with van der Waals surface area (Å²) in [5.41, 5.74) is 2.22. The zero-order chi connectivity index (χ0) is 21.1.